The molecule has 29 heavy (non-hydrogen) atoms. The van der Waals surface area contributed by atoms with Gasteiger partial charge in [-0.25, -0.2) is 4.68 Å². The molecule has 0 aliphatic carbocycles. The predicted octanol–water partition coefficient (Wildman–Crippen LogP) is 3.38. The quantitative estimate of drug-likeness (QED) is 0.598. The number of ether oxygens (including phenoxy) is 2. The SMILES string of the molecule is S=c1oc(-c2ccccc2)nn1CN1CCN(Cc2ccc3c(c2)OCO3)CC1. The summed E-state index contributed by atoms with van der Waals surface area (Å²) in [5.41, 5.74) is 2.18. The van der Waals surface area contributed by atoms with E-state index in [2.05, 4.69) is 27.0 Å². The summed E-state index contributed by atoms with van der Waals surface area (Å²) in [5.74, 6) is 2.24. The lowest BCUT2D eigenvalue weighted by atomic mass is 10.1. The van der Waals surface area contributed by atoms with E-state index < -0.39 is 0 Å². The summed E-state index contributed by atoms with van der Waals surface area (Å²) in [4.78, 5) is 5.21. The molecule has 8 heteroatoms. The van der Waals surface area contributed by atoms with Crippen LogP contribution in [0.2, 0.25) is 0 Å². The van der Waals surface area contributed by atoms with E-state index in [-0.39, 0.29) is 0 Å². The Morgan fingerprint density at radius 3 is 2.48 bits per heavy atom. The number of hydrogen-bond donors (Lipinski definition) is 0. The van der Waals surface area contributed by atoms with Crippen LogP contribution in [0.4, 0.5) is 0 Å². The monoisotopic (exact) mass is 410 g/mol. The number of nitrogens with zero attached hydrogens (tertiary/aromatic N) is 4. The van der Waals surface area contributed by atoms with E-state index in [4.69, 9.17) is 26.1 Å². The predicted molar refractivity (Wildman–Crippen MR) is 110 cm³/mol. The molecular weight excluding hydrogens is 388 g/mol. The van der Waals surface area contributed by atoms with Gasteiger partial charge in [0.15, 0.2) is 11.5 Å². The van der Waals surface area contributed by atoms with E-state index in [1.165, 1.54) is 5.56 Å². The van der Waals surface area contributed by atoms with Gasteiger partial charge in [0.05, 0.1) is 6.67 Å². The zero-order valence-corrected chi connectivity index (χ0v) is 16.8. The minimum absolute atomic E-state index is 0.313. The molecule has 150 valence electrons. The minimum atomic E-state index is 0.313. The van der Waals surface area contributed by atoms with Crippen LogP contribution >= 0.6 is 12.2 Å². The van der Waals surface area contributed by atoms with Gasteiger partial charge in [-0.3, -0.25) is 9.80 Å². The van der Waals surface area contributed by atoms with Crippen molar-refractivity contribution in [3.8, 4) is 23.0 Å². The van der Waals surface area contributed by atoms with Crippen LogP contribution in [0.5, 0.6) is 11.5 Å². The molecule has 1 saturated heterocycles. The first-order chi connectivity index (χ1) is 14.2. The molecule has 5 rings (SSSR count). The Hall–Kier alpha value is -2.68. The van der Waals surface area contributed by atoms with Crippen LogP contribution in [-0.4, -0.2) is 52.6 Å². The first-order valence-corrected chi connectivity index (χ1v) is 10.1. The molecule has 7 nitrogen and oxygen atoms in total. The van der Waals surface area contributed by atoms with E-state index in [9.17, 15) is 0 Å². The summed E-state index contributed by atoms with van der Waals surface area (Å²) in [5, 5.41) is 4.56. The maximum atomic E-state index is 5.69. The lowest BCUT2D eigenvalue weighted by Crippen LogP contribution is -2.46. The fraction of sp³-hybridized carbons (Fsp3) is 0.333. The maximum absolute atomic E-state index is 5.69. The molecule has 3 aromatic rings. The van der Waals surface area contributed by atoms with Crippen LogP contribution < -0.4 is 9.47 Å². The van der Waals surface area contributed by atoms with Crippen LogP contribution in [-0.2, 0) is 13.2 Å². The Morgan fingerprint density at radius 1 is 0.897 bits per heavy atom. The largest absolute Gasteiger partial charge is 0.454 e. The van der Waals surface area contributed by atoms with Crippen molar-refractivity contribution in [1.82, 2.24) is 19.6 Å². The molecule has 3 heterocycles. The van der Waals surface area contributed by atoms with Gasteiger partial charge in [0.1, 0.15) is 0 Å². The van der Waals surface area contributed by atoms with Crippen LogP contribution in [0, 0.1) is 4.84 Å². The second kappa shape index (κ2) is 7.98. The molecule has 0 radical (unpaired) electrons. The first-order valence-electron chi connectivity index (χ1n) is 9.71. The molecule has 0 N–H and O–H groups in total. The van der Waals surface area contributed by atoms with Crippen LogP contribution in [0.15, 0.2) is 52.9 Å². The van der Waals surface area contributed by atoms with E-state index in [1.807, 2.05) is 36.4 Å². The molecule has 2 aliphatic heterocycles. The van der Waals surface area contributed by atoms with Crippen molar-refractivity contribution in [1.29, 1.82) is 0 Å². The van der Waals surface area contributed by atoms with Crippen molar-refractivity contribution in [3.63, 3.8) is 0 Å². The maximum Gasteiger partial charge on any atom is 0.288 e. The standard InChI is InChI=1S/C21H22N4O3S/c29-21-25(22-20(28-21)17-4-2-1-3-5-17)14-24-10-8-23(9-11-24)13-16-6-7-18-19(12-16)27-15-26-18/h1-7,12H,8-11,13-15H2. The third-order valence-electron chi connectivity index (χ3n) is 5.27. The van der Waals surface area contributed by atoms with Gasteiger partial charge in [-0.2, -0.15) is 0 Å². The fourth-order valence-corrected chi connectivity index (χ4v) is 3.85. The number of benzene rings is 2. The zero-order chi connectivity index (χ0) is 19.6. The molecule has 0 spiro atoms. The fourth-order valence-electron chi connectivity index (χ4n) is 3.67. The van der Waals surface area contributed by atoms with Crippen molar-refractivity contribution < 1.29 is 13.9 Å². The molecule has 2 aromatic carbocycles. The number of hydrogen-bond acceptors (Lipinski definition) is 7. The van der Waals surface area contributed by atoms with E-state index in [0.29, 0.717) is 24.2 Å². The molecular formula is C21H22N4O3S. The van der Waals surface area contributed by atoms with E-state index >= 15 is 0 Å². The van der Waals surface area contributed by atoms with Crippen LogP contribution in [0.3, 0.4) is 0 Å². The van der Waals surface area contributed by atoms with Crippen LogP contribution in [0.25, 0.3) is 11.5 Å². The molecule has 0 saturated carbocycles. The average Bonchev–Trinajstić information content (AvgIpc) is 3.36. The van der Waals surface area contributed by atoms with Crippen molar-refractivity contribution in [3.05, 3.63) is 58.9 Å². The van der Waals surface area contributed by atoms with E-state index in [0.717, 1.165) is 49.8 Å². The van der Waals surface area contributed by atoms with Crippen molar-refractivity contribution in [2.75, 3.05) is 33.0 Å². The van der Waals surface area contributed by atoms with Gasteiger partial charge in [-0.15, -0.1) is 5.10 Å². The summed E-state index contributed by atoms with van der Waals surface area (Å²) < 4.78 is 18.3. The summed E-state index contributed by atoms with van der Waals surface area (Å²) in [6, 6.07) is 16.0. The molecule has 1 fully saturated rings. The number of aromatic nitrogens is 2. The Kier molecular flexibility index (Phi) is 5.05. The van der Waals surface area contributed by atoms with Gasteiger partial charge >= 0.3 is 0 Å². The highest BCUT2D eigenvalue weighted by Gasteiger charge is 2.20. The number of fused-ring (bicyclic) bond motifs is 1. The molecule has 0 bridgehead atoms. The smallest absolute Gasteiger partial charge is 0.288 e. The second-order valence-electron chi connectivity index (χ2n) is 7.26. The summed E-state index contributed by atoms with van der Waals surface area (Å²) in [6.07, 6.45) is 0. The lowest BCUT2D eigenvalue weighted by Gasteiger charge is -2.34. The van der Waals surface area contributed by atoms with Crippen LogP contribution in [0.1, 0.15) is 5.56 Å². The van der Waals surface area contributed by atoms with E-state index in [1.54, 1.807) is 4.68 Å². The summed E-state index contributed by atoms with van der Waals surface area (Å²) >= 11 is 5.37. The highest BCUT2D eigenvalue weighted by atomic mass is 32.1. The van der Waals surface area contributed by atoms with Gasteiger partial charge in [0.2, 0.25) is 12.7 Å². The third-order valence-corrected chi connectivity index (χ3v) is 5.56. The number of rotatable bonds is 5. The molecule has 0 amide bonds. The van der Waals surface area contributed by atoms with Gasteiger partial charge in [-0.05, 0) is 42.0 Å². The second-order valence-corrected chi connectivity index (χ2v) is 7.61. The minimum Gasteiger partial charge on any atom is -0.454 e. The first kappa shape index (κ1) is 18.4. The highest BCUT2D eigenvalue weighted by Crippen LogP contribution is 2.32. The Bertz CT molecular complexity index is 1040. The summed E-state index contributed by atoms with van der Waals surface area (Å²) in [7, 11) is 0. The van der Waals surface area contributed by atoms with Gasteiger partial charge in [0.25, 0.3) is 4.84 Å². The van der Waals surface area contributed by atoms with Crippen molar-refractivity contribution in [2.45, 2.75) is 13.2 Å². The van der Waals surface area contributed by atoms with Gasteiger partial charge < -0.3 is 13.9 Å². The van der Waals surface area contributed by atoms with Crippen molar-refractivity contribution >= 4 is 12.2 Å². The normalized spacial score (nSPS) is 17.0. The average molecular weight is 410 g/mol. The Morgan fingerprint density at radius 2 is 1.66 bits per heavy atom. The molecule has 2 aliphatic rings. The highest BCUT2D eigenvalue weighted by molar-refractivity contribution is 7.71. The lowest BCUT2D eigenvalue weighted by molar-refractivity contribution is 0.0973. The van der Waals surface area contributed by atoms with Crippen molar-refractivity contribution in [2.24, 2.45) is 0 Å². The molecule has 1 aromatic heterocycles. The van der Waals surface area contributed by atoms with Gasteiger partial charge in [-0.1, -0.05) is 24.3 Å². The number of piperazine rings is 1. The Balaban J connectivity index is 1.17. The third kappa shape index (κ3) is 4.05. The Labute approximate surface area is 174 Å². The molecule has 0 atom stereocenters. The summed E-state index contributed by atoms with van der Waals surface area (Å²) in [6.45, 7) is 5.77. The van der Waals surface area contributed by atoms with Gasteiger partial charge in [0, 0.05) is 38.3 Å². The zero-order valence-electron chi connectivity index (χ0n) is 16.0. The topological polar surface area (TPSA) is 55.9 Å². The molecule has 0 unspecified atom stereocenters.